The van der Waals surface area contributed by atoms with Crippen molar-refractivity contribution >= 4 is 23.2 Å². The quantitative estimate of drug-likeness (QED) is 0.558. The Hall–Kier alpha value is -3.19. The van der Waals surface area contributed by atoms with Gasteiger partial charge < -0.3 is 14.8 Å². The number of ether oxygens (including phenoxy) is 2. The summed E-state index contributed by atoms with van der Waals surface area (Å²) < 4.78 is 23.7. The first-order chi connectivity index (χ1) is 14.1. The maximum atomic E-state index is 13.3. The summed E-state index contributed by atoms with van der Waals surface area (Å²) in [4.78, 5) is 25.0. The molecule has 0 saturated carbocycles. The van der Waals surface area contributed by atoms with Gasteiger partial charge in [0.2, 0.25) is 0 Å². The first kappa shape index (κ1) is 20.5. The lowest BCUT2D eigenvalue weighted by Crippen LogP contribution is -2.32. The van der Waals surface area contributed by atoms with Gasteiger partial charge in [-0.15, -0.1) is 11.3 Å². The fourth-order valence-electron chi connectivity index (χ4n) is 2.68. The van der Waals surface area contributed by atoms with Gasteiger partial charge in [-0.2, -0.15) is 0 Å². The highest BCUT2D eigenvalue weighted by atomic mass is 32.1. The first-order valence-electron chi connectivity index (χ1n) is 9.05. The molecule has 7 heteroatoms. The first-order valence-corrected chi connectivity index (χ1v) is 9.93. The van der Waals surface area contributed by atoms with Gasteiger partial charge in [-0.3, -0.25) is 4.79 Å². The molecule has 29 heavy (non-hydrogen) atoms. The highest BCUT2D eigenvalue weighted by molar-refractivity contribution is 7.10. The smallest absolute Gasteiger partial charge is 0.338 e. The fraction of sp³-hybridized carbons (Fsp3) is 0.182. The van der Waals surface area contributed by atoms with Crippen LogP contribution in [0.5, 0.6) is 5.75 Å². The van der Waals surface area contributed by atoms with Crippen LogP contribution in [0.1, 0.15) is 33.8 Å². The standard InChI is InChI=1S/C22H20FNO4S/c1-2-27-22(26)16-7-11-18(12-8-16)28-14-20(25)24-21(19-4-3-13-29-19)15-5-9-17(23)10-6-15/h3-13,21H,2,14H2,1H3,(H,24,25). The summed E-state index contributed by atoms with van der Waals surface area (Å²) in [5, 5.41) is 4.84. The number of rotatable bonds is 8. The van der Waals surface area contributed by atoms with Crippen molar-refractivity contribution in [3.05, 3.63) is 87.9 Å². The molecule has 0 radical (unpaired) electrons. The summed E-state index contributed by atoms with van der Waals surface area (Å²) in [5.74, 6) is -0.598. The van der Waals surface area contributed by atoms with Crippen LogP contribution in [0.2, 0.25) is 0 Å². The minimum Gasteiger partial charge on any atom is -0.484 e. The van der Waals surface area contributed by atoms with Gasteiger partial charge >= 0.3 is 5.97 Å². The maximum Gasteiger partial charge on any atom is 0.338 e. The van der Waals surface area contributed by atoms with E-state index in [0.29, 0.717) is 17.9 Å². The summed E-state index contributed by atoms with van der Waals surface area (Å²) in [7, 11) is 0. The molecule has 1 aromatic heterocycles. The lowest BCUT2D eigenvalue weighted by molar-refractivity contribution is -0.123. The van der Waals surface area contributed by atoms with Gasteiger partial charge in [0.15, 0.2) is 6.61 Å². The van der Waals surface area contributed by atoms with E-state index >= 15 is 0 Å². The third kappa shape index (κ3) is 5.65. The predicted octanol–water partition coefficient (Wildman–Crippen LogP) is 4.35. The van der Waals surface area contributed by atoms with Crippen molar-refractivity contribution in [3.63, 3.8) is 0 Å². The van der Waals surface area contributed by atoms with Crippen LogP contribution in [0.15, 0.2) is 66.0 Å². The van der Waals surface area contributed by atoms with Crippen LogP contribution >= 0.6 is 11.3 Å². The topological polar surface area (TPSA) is 64.6 Å². The number of nitrogens with one attached hydrogen (secondary N) is 1. The number of amides is 1. The minimum atomic E-state index is -0.408. The number of hydrogen-bond donors (Lipinski definition) is 1. The average molecular weight is 413 g/mol. The van der Waals surface area contributed by atoms with E-state index in [1.54, 1.807) is 43.3 Å². The van der Waals surface area contributed by atoms with Crippen molar-refractivity contribution in [1.29, 1.82) is 0 Å². The molecule has 0 aliphatic carbocycles. The second kappa shape index (κ2) is 9.84. The monoisotopic (exact) mass is 413 g/mol. The van der Waals surface area contributed by atoms with Gasteiger partial charge in [0.05, 0.1) is 18.2 Å². The number of carbonyl (C=O) groups is 2. The van der Waals surface area contributed by atoms with E-state index in [1.165, 1.54) is 23.5 Å². The van der Waals surface area contributed by atoms with E-state index in [0.717, 1.165) is 10.4 Å². The van der Waals surface area contributed by atoms with Crippen molar-refractivity contribution in [3.8, 4) is 5.75 Å². The molecule has 5 nitrogen and oxygen atoms in total. The van der Waals surface area contributed by atoms with Crippen molar-refractivity contribution in [2.45, 2.75) is 13.0 Å². The lowest BCUT2D eigenvalue weighted by atomic mass is 10.1. The number of thiophene rings is 1. The number of hydrogen-bond acceptors (Lipinski definition) is 5. The van der Waals surface area contributed by atoms with Crippen LogP contribution in [0.4, 0.5) is 4.39 Å². The highest BCUT2D eigenvalue weighted by Crippen LogP contribution is 2.26. The summed E-state index contributed by atoms with van der Waals surface area (Å²) in [5.41, 5.74) is 1.19. The maximum absolute atomic E-state index is 13.3. The summed E-state index contributed by atoms with van der Waals surface area (Å²) in [6.07, 6.45) is 0. The van der Waals surface area contributed by atoms with Gasteiger partial charge in [-0.05, 0) is 60.3 Å². The molecule has 0 saturated heterocycles. The van der Waals surface area contributed by atoms with Gasteiger partial charge in [-0.1, -0.05) is 18.2 Å². The van der Waals surface area contributed by atoms with Crippen LogP contribution in [0.3, 0.4) is 0 Å². The summed E-state index contributed by atoms with van der Waals surface area (Å²) >= 11 is 1.50. The Balaban J connectivity index is 1.62. The molecule has 0 spiro atoms. The van der Waals surface area contributed by atoms with Crippen LogP contribution in [-0.2, 0) is 9.53 Å². The van der Waals surface area contributed by atoms with Gasteiger partial charge in [-0.25, -0.2) is 9.18 Å². The third-order valence-corrected chi connectivity index (χ3v) is 5.01. The largest absolute Gasteiger partial charge is 0.484 e. The fourth-order valence-corrected chi connectivity index (χ4v) is 3.49. The van der Waals surface area contributed by atoms with E-state index in [-0.39, 0.29) is 18.3 Å². The highest BCUT2D eigenvalue weighted by Gasteiger charge is 2.18. The lowest BCUT2D eigenvalue weighted by Gasteiger charge is -2.18. The van der Waals surface area contributed by atoms with Crippen molar-refractivity contribution in [1.82, 2.24) is 5.32 Å². The van der Waals surface area contributed by atoms with E-state index in [1.807, 2.05) is 17.5 Å². The van der Waals surface area contributed by atoms with Crippen LogP contribution < -0.4 is 10.1 Å². The molecule has 1 atom stereocenters. The minimum absolute atomic E-state index is 0.193. The van der Waals surface area contributed by atoms with Gasteiger partial charge in [0.1, 0.15) is 11.6 Å². The Bertz CT molecular complexity index is 940. The zero-order valence-corrected chi connectivity index (χ0v) is 16.6. The number of halogens is 1. The number of esters is 1. The molecule has 2 aromatic carbocycles. The molecule has 0 aliphatic heterocycles. The molecule has 1 unspecified atom stereocenters. The van der Waals surface area contributed by atoms with Gasteiger partial charge in [0.25, 0.3) is 5.91 Å². The Morgan fingerprint density at radius 3 is 2.41 bits per heavy atom. The Labute approximate surface area is 172 Å². The molecule has 0 fully saturated rings. The van der Waals surface area contributed by atoms with Crippen molar-refractivity contribution in [2.24, 2.45) is 0 Å². The number of benzene rings is 2. The third-order valence-electron chi connectivity index (χ3n) is 4.07. The van der Waals surface area contributed by atoms with Gasteiger partial charge in [0, 0.05) is 4.88 Å². The number of carbonyl (C=O) groups excluding carboxylic acids is 2. The molecule has 150 valence electrons. The van der Waals surface area contributed by atoms with E-state index in [4.69, 9.17) is 9.47 Å². The molecule has 0 bridgehead atoms. The molecule has 0 aliphatic rings. The summed E-state index contributed by atoms with van der Waals surface area (Å²) in [6.45, 7) is 1.85. The van der Waals surface area contributed by atoms with E-state index < -0.39 is 12.0 Å². The Kier molecular flexibility index (Phi) is 6.97. The normalized spacial score (nSPS) is 11.5. The molecule has 1 heterocycles. The predicted molar refractivity (Wildman–Crippen MR) is 109 cm³/mol. The molecule has 3 rings (SSSR count). The molecule has 3 aromatic rings. The van der Waals surface area contributed by atoms with Crippen molar-refractivity contribution in [2.75, 3.05) is 13.2 Å². The van der Waals surface area contributed by atoms with Crippen molar-refractivity contribution < 1.29 is 23.5 Å². The Morgan fingerprint density at radius 2 is 1.79 bits per heavy atom. The summed E-state index contributed by atoms with van der Waals surface area (Å²) in [6, 6.07) is 15.8. The van der Waals surface area contributed by atoms with Crippen LogP contribution in [0.25, 0.3) is 0 Å². The molecular weight excluding hydrogens is 393 g/mol. The van der Waals surface area contributed by atoms with Crippen LogP contribution in [-0.4, -0.2) is 25.1 Å². The SMILES string of the molecule is CCOC(=O)c1ccc(OCC(=O)NC(c2ccc(F)cc2)c2cccs2)cc1. The van der Waals surface area contributed by atoms with E-state index in [9.17, 15) is 14.0 Å². The molecule has 1 N–H and O–H groups in total. The molecule has 1 amide bonds. The zero-order valence-electron chi connectivity index (χ0n) is 15.8. The second-order valence-corrected chi connectivity index (χ2v) is 7.08. The zero-order chi connectivity index (χ0) is 20.6. The average Bonchev–Trinajstić information content (AvgIpc) is 3.26. The molecular formula is C22H20FNO4S. The Morgan fingerprint density at radius 1 is 1.07 bits per heavy atom. The van der Waals surface area contributed by atoms with Crippen LogP contribution in [0, 0.1) is 5.82 Å². The van der Waals surface area contributed by atoms with E-state index in [2.05, 4.69) is 5.32 Å². The second-order valence-electron chi connectivity index (χ2n) is 6.10.